The standard InChI is InChI=1S/C23H26Cl2N4O2S/c1-2-16-3-5-19-21(13-16)32-23(27-19)29-11-9-28(10-12-29)8-7-26-22(30)15-31-20-6-4-17(24)14-18(20)25/h3-6,13-14H,2,7-12,15H2,1H3,(H,26,30). The Labute approximate surface area is 202 Å². The molecule has 32 heavy (non-hydrogen) atoms. The number of hydrogen-bond donors (Lipinski definition) is 1. The Bertz CT molecular complexity index is 1080. The minimum absolute atomic E-state index is 0.0769. The molecule has 1 aliphatic heterocycles. The van der Waals surface area contributed by atoms with Gasteiger partial charge in [-0.3, -0.25) is 9.69 Å². The van der Waals surface area contributed by atoms with Crippen molar-refractivity contribution in [2.75, 3.05) is 50.8 Å². The van der Waals surface area contributed by atoms with Gasteiger partial charge in [0.1, 0.15) is 5.75 Å². The molecule has 2 aromatic carbocycles. The summed E-state index contributed by atoms with van der Waals surface area (Å²) in [6, 6.07) is 11.5. The van der Waals surface area contributed by atoms with E-state index in [1.807, 2.05) is 0 Å². The van der Waals surface area contributed by atoms with Crippen molar-refractivity contribution >= 4 is 55.8 Å². The van der Waals surface area contributed by atoms with Crippen molar-refractivity contribution in [3.05, 3.63) is 52.0 Å². The number of piperazine rings is 1. The van der Waals surface area contributed by atoms with E-state index in [9.17, 15) is 4.79 Å². The van der Waals surface area contributed by atoms with Crippen LogP contribution in [0.4, 0.5) is 5.13 Å². The summed E-state index contributed by atoms with van der Waals surface area (Å²) in [6.45, 7) is 7.25. The summed E-state index contributed by atoms with van der Waals surface area (Å²) in [5.74, 6) is 0.277. The molecule has 0 unspecified atom stereocenters. The number of fused-ring (bicyclic) bond motifs is 1. The number of amides is 1. The van der Waals surface area contributed by atoms with Crippen molar-refractivity contribution < 1.29 is 9.53 Å². The molecule has 0 radical (unpaired) electrons. The quantitative estimate of drug-likeness (QED) is 0.502. The van der Waals surface area contributed by atoms with Gasteiger partial charge in [-0.05, 0) is 42.3 Å². The number of benzene rings is 2. The molecule has 2 heterocycles. The SMILES string of the molecule is CCc1ccc2nc(N3CCN(CCNC(=O)COc4ccc(Cl)cc4Cl)CC3)sc2c1. The van der Waals surface area contributed by atoms with E-state index in [2.05, 4.69) is 40.2 Å². The molecule has 1 fully saturated rings. The summed E-state index contributed by atoms with van der Waals surface area (Å²) in [6.07, 6.45) is 1.04. The van der Waals surface area contributed by atoms with E-state index >= 15 is 0 Å². The van der Waals surface area contributed by atoms with Crippen molar-refractivity contribution in [2.45, 2.75) is 13.3 Å². The molecule has 1 amide bonds. The first kappa shape index (κ1) is 23.1. The number of nitrogens with one attached hydrogen (secondary N) is 1. The molecule has 3 aromatic rings. The summed E-state index contributed by atoms with van der Waals surface area (Å²) >= 11 is 13.7. The second kappa shape index (κ2) is 10.7. The third kappa shape index (κ3) is 5.84. The Balaban J connectivity index is 1.18. The highest BCUT2D eigenvalue weighted by Gasteiger charge is 2.20. The van der Waals surface area contributed by atoms with Crippen LogP contribution in [0.2, 0.25) is 10.0 Å². The van der Waals surface area contributed by atoms with E-state index < -0.39 is 0 Å². The van der Waals surface area contributed by atoms with Crippen molar-refractivity contribution in [2.24, 2.45) is 0 Å². The Morgan fingerprint density at radius 1 is 1.16 bits per heavy atom. The smallest absolute Gasteiger partial charge is 0.257 e. The number of anilines is 1. The molecule has 1 saturated heterocycles. The topological polar surface area (TPSA) is 57.7 Å². The lowest BCUT2D eigenvalue weighted by Crippen LogP contribution is -2.48. The van der Waals surface area contributed by atoms with Crippen LogP contribution in [-0.2, 0) is 11.2 Å². The van der Waals surface area contributed by atoms with Crippen molar-refractivity contribution in [1.29, 1.82) is 0 Å². The number of aryl methyl sites for hydroxylation is 1. The van der Waals surface area contributed by atoms with Crippen LogP contribution < -0.4 is 15.0 Å². The van der Waals surface area contributed by atoms with Gasteiger partial charge in [-0.25, -0.2) is 4.98 Å². The number of hydrogen-bond acceptors (Lipinski definition) is 6. The maximum absolute atomic E-state index is 12.1. The van der Waals surface area contributed by atoms with E-state index in [0.29, 0.717) is 22.3 Å². The van der Waals surface area contributed by atoms with E-state index in [-0.39, 0.29) is 12.5 Å². The van der Waals surface area contributed by atoms with Gasteiger partial charge in [-0.2, -0.15) is 0 Å². The van der Waals surface area contributed by atoms with Crippen molar-refractivity contribution in [3.8, 4) is 5.75 Å². The summed E-state index contributed by atoms with van der Waals surface area (Å²) in [5.41, 5.74) is 2.43. The van der Waals surface area contributed by atoms with Gasteiger partial charge in [0.2, 0.25) is 0 Å². The third-order valence-corrected chi connectivity index (χ3v) is 7.10. The summed E-state index contributed by atoms with van der Waals surface area (Å²) in [7, 11) is 0. The molecule has 4 rings (SSSR count). The predicted molar refractivity (Wildman–Crippen MR) is 133 cm³/mol. The number of thiazole rings is 1. The van der Waals surface area contributed by atoms with E-state index in [1.54, 1.807) is 29.5 Å². The first-order chi connectivity index (χ1) is 15.5. The second-order valence-electron chi connectivity index (χ2n) is 7.69. The summed E-state index contributed by atoms with van der Waals surface area (Å²) < 4.78 is 6.73. The first-order valence-corrected chi connectivity index (χ1v) is 12.3. The van der Waals surface area contributed by atoms with E-state index in [0.717, 1.165) is 49.8 Å². The van der Waals surface area contributed by atoms with Gasteiger partial charge in [0.25, 0.3) is 5.91 Å². The van der Waals surface area contributed by atoms with Crippen LogP contribution in [0, 0.1) is 0 Å². The van der Waals surface area contributed by atoms with Gasteiger partial charge < -0.3 is 15.0 Å². The molecule has 9 heteroatoms. The highest BCUT2D eigenvalue weighted by Crippen LogP contribution is 2.30. The highest BCUT2D eigenvalue weighted by molar-refractivity contribution is 7.22. The number of rotatable bonds is 8. The molecule has 1 aliphatic rings. The maximum Gasteiger partial charge on any atom is 0.257 e. The lowest BCUT2D eigenvalue weighted by atomic mass is 10.2. The molecule has 0 atom stereocenters. The van der Waals surface area contributed by atoms with Crippen LogP contribution in [-0.4, -0.2) is 61.7 Å². The third-order valence-electron chi connectivity index (χ3n) is 5.50. The Hall–Kier alpha value is -2.06. The number of nitrogens with zero attached hydrogens (tertiary/aromatic N) is 3. The molecule has 0 spiro atoms. The van der Waals surface area contributed by atoms with Gasteiger partial charge in [0.05, 0.1) is 15.2 Å². The molecule has 1 aromatic heterocycles. The van der Waals surface area contributed by atoms with Gasteiger partial charge in [-0.15, -0.1) is 0 Å². The molecule has 0 aliphatic carbocycles. The minimum Gasteiger partial charge on any atom is -0.482 e. The average Bonchev–Trinajstić information content (AvgIpc) is 3.22. The van der Waals surface area contributed by atoms with Crippen LogP contribution in [0.5, 0.6) is 5.75 Å². The lowest BCUT2D eigenvalue weighted by Gasteiger charge is -2.34. The van der Waals surface area contributed by atoms with Crippen molar-refractivity contribution in [1.82, 2.24) is 15.2 Å². The zero-order chi connectivity index (χ0) is 22.5. The van der Waals surface area contributed by atoms with Crippen LogP contribution in [0.3, 0.4) is 0 Å². The number of aromatic nitrogens is 1. The fourth-order valence-corrected chi connectivity index (χ4v) is 5.16. The van der Waals surface area contributed by atoms with Crippen LogP contribution in [0.1, 0.15) is 12.5 Å². The van der Waals surface area contributed by atoms with Crippen LogP contribution in [0.25, 0.3) is 10.2 Å². The zero-order valence-electron chi connectivity index (χ0n) is 17.9. The minimum atomic E-state index is -0.171. The number of carbonyl (C=O) groups excluding carboxylic acids is 1. The molecular formula is C23H26Cl2N4O2S. The number of carbonyl (C=O) groups is 1. The van der Waals surface area contributed by atoms with Gasteiger partial charge in [0.15, 0.2) is 11.7 Å². The first-order valence-electron chi connectivity index (χ1n) is 10.7. The largest absolute Gasteiger partial charge is 0.482 e. The molecule has 0 saturated carbocycles. The normalized spacial score (nSPS) is 14.7. The lowest BCUT2D eigenvalue weighted by molar-refractivity contribution is -0.123. The predicted octanol–water partition coefficient (Wildman–Crippen LogP) is 4.48. The molecule has 170 valence electrons. The van der Waals surface area contributed by atoms with Gasteiger partial charge in [-0.1, -0.05) is 47.5 Å². The van der Waals surface area contributed by atoms with Gasteiger partial charge >= 0.3 is 0 Å². The highest BCUT2D eigenvalue weighted by atomic mass is 35.5. The number of halogens is 2. The Morgan fingerprint density at radius 3 is 2.72 bits per heavy atom. The number of ether oxygens (including phenoxy) is 1. The van der Waals surface area contributed by atoms with Crippen LogP contribution >= 0.6 is 34.5 Å². The van der Waals surface area contributed by atoms with Crippen molar-refractivity contribution in [3.63, 3.8) is 0 Å². The fraction of sp³-hybridized carbons (Fsp3) is 0.391. The fourth-order valence-electron chi connectivity index (χ4n) is 3.61. The molecular weight excluding hydrogens is 467 g/mol. The monoisotopic (exact) mass is 492 g/mol. The zero-order valence-corrected chi connectivity index (χ0v) is 20.3. The van der Waals surface area contributed by atoms with Crippen LogP contribution in [0.15, 0.2) is 36.4 Å². The Morgan fingerprint density at radius 2 is 1.97 bits per heavy atom. The van der Waals surface area contributed by atoms with E-state index in [1.165, 1.54) is 10.3 Å². The molecule has 0 bridgehead atoms. The Kier molecular flexibility index (Phi) is 7.73. The average molecular weight is 493 g/mol. The van der Waals surface area contributed by atoms with Gasteiger partial charge in [0, 0.05) is 44.3 Å². The molecule has 6 nitrogen and oxygen atoms in total. The second-order valence-corrected chi connectivity index (χ2v) is 9.55. The maximum atomic E-state index is 12.1. The summed E-state index contributed by atoms with van der Waals surface area (Å²) in [4.78, 5) is 21.6. The van der Waals surface area contributed by atoms with E-state index in [4.69, 9.17) is 32.9 Å². The molecule has 1 N–H and O–H groups in total. The summed E-state index contributed by atoms with van der Waals surface area (Å²) in [5, 5.41) is 4.92.